The number of thiazole rings is 1. The molecule has 3 rings (SSSR count). The Bertz CT molecular complexity index is 643. The summed E-state index contributed by atoms with van der Waals surface area (Å²) in [5.74, 6) is 0. The van der Waals surface area contributed by atoms with Crippen molar-refractivity contribution < 1.29 is 0 Å². The SMILES string of the molecule is C[C@H](CCc1ccccc1)Sc1nc2ccccc2s1. The second-order valence-electron chi connectivity index (χ2n) is 4.90. The maximum absolute atomic E-state index is 4.69. The molecule has 1 aromatic heterocycles. The largest absolute Gasteiger partial charge is 0.230 e. The van der Waals surface area contributed by atoms with Crippen LogP contribution in [-0.4, -0.2) is 10.2 Å². The van der Waals surface area contributed by atoms with Gasteiger partial charge < -0.3 is 0 Å². The van der Waals surface area contributed by atoms with Crippen molar-refractivity contribution >= 4 is 33.3 Å². The first-order valence-electron chi connectivity index (χ1n) is 6.87. The molecule has 0 aliphatic rings. The van der Waals surface area contributed by atoms with Crippen LogP contribution in [0.15, 0.2) is 58.9 Å². The number of nitrogens with zero attached hydrogens (tertiary/aromatic N) is 1. The molecule has 0 radical (unpaired) electrons. The lowest BCUT2D eigenvalue weighted by molar-refractivity contribution is 0.811. The number of hydrogen-bond acceptors (Lipinski definition) is 3. The van der Waals surface area contributed by atoms with Gasteiger partial charge in [0.2, 0.25) is 0 Å². The minimum atomic E-state index is 0.593. The van der Waals surface area contributed by atoms with Crippen LogP contribution >= 0.6 is 23.1 Å². The van der Waals surface area contributed by atoms with E-state index in [9.17, 15) is 0 Å². The van der Waals surface area contributed by atoms with Crippen LogP contribution < -0.4 is 0 Å². The maximum atomic E-state index is 4.69. The summed E-state index contributed by atoms with van der Waals surface area (Å²) in [6.45, 7) is 2.29. The lowest BCUT2D eigenvalue weighted by Crippen LogP contribution is -1.98. The molecule has 1 atom stereocenters. The number of thioether (sulfide) groups is 1. The minimum Gasteiger partial charge on any atom is -0.230 e. The second-order valence-corrected chi connectivity index (χ2v) is 7.62. The standard InChI is InChI=1S/C17H17NS2/c1-13(11-12-14-7-3-2-4-8-14)19-17-18-15-9-5-6-10-16(15)20-17/h2-10,13H,11-12H2,1H3/t13-/m1/s1. The molecule has 1 heterocycles. The maximum Gasteiger partial charge on any atom is 0.151 e. The molecule has 0 spiro atoms. The van der Waals surface area contributed by atoms with Crippen molar-refractivity contribution in [1.82, 2.24) is 4.98 Å². The van der Waals surface area contributed by atoms with E-state index in [1.165, 1.54) is 21.0 Å². The average molecular weight is 299 g/mol. The Balaban J connectivity index is 1.59. The van der Waals surface area contributed by atoms with Crippen LogP contribution in [0.2, 0.25) is 0 Å². The van der Waals surface area contributed by atoms with Gasteiger partial charge in [-0.3, -0.25) is 0 Å². The van der Waals surface area contributed by atoms with Crippen molar-refractivity contribution in [3.05, 3.63) is 60.2 Å². The minimum absolute atomic E-state index is 0.593. The fourth-order valence-electron chi connectivity index (χ4n) is 2.15. The number of rotatable bonds is 5. The zero-order valence-electron chi connectivity index (χ0n) is 11.5. The monoisotopic (exact) mass is 299 g/mol. The van der Waals surface area contributed by atoms with Crippen molar-refractivity contribution in [2.45, 2.75) is 29.4 Å². The van der Waals surface area contributed by atoms with Crippen LogP contribution in [0.25, 0.3) is 10.2 Å². The van der Waals surface area contributed by atoms with E-state index in [-0.39, 0.29) is 0 Å². The molecule has 0 fully saturated rings. The summed E-state index contributed by atoms with van der Waals surface area (Å²) in [4.78, 5) is 4.69. The zero-order valence-corrected chi connectivity index (χ0v) is 13.1. The van der Waals surface area contributed by atoms with Crippen molar-refractivity contribution in [1.29, 1.82) is 0 Å². The molecule has 0 bridgehead atoms. The molecule has 3 aromatic rings. The van der Waals surface area contributed by atoms with Gasteiger partial charge in [0.1, 0.15) is 0 Å². The molecule has 20 heavy (non-hydrogen) atoms. The first kappa shape index (κ1) is 13.7. The third-order valence-corrected chi connectivity index (χ3v) is 5.56. The number of benzene rings is 2. The summed E-state index contributed by atoms with van der Waals surface area (Å²) in [6.07, 6.45) is 2.32. The highest BCUT2D eigenvalue weighted by Crippen LogP contribution is 2.33. The van der Waals surface area contributed by atoms with Crippen LogP contribution in [-0.2, 0) is 6.42 Å². The molecule has 0 saturated carbocycles. The normalized spacial score (nSPS) is 12.7. The predicted molar refractivity (Wildman–Crippen MR) is 89.7 cm³/mol. The molecule has 3 heteroatoms. The topological polar surface area (TPSA) is 12.9 Å². The smallest absolute Gasteiger partial charge is 0.151 e. The van der Waals surface area contributed by atoms with Crippen LogP contribution in [0.4, 0.5) is 0 Å². The van der Waals surface area contributed by atoms with E-state index >= 15 is 0 Å². The third-order valence-electron chi connectivity index (χ3n) is 3.26. The van der Waals surface area contributed by atoms with Crippen LogP contribution in [0.3, 0.4) is 0 Å². The third kappa shape index (κ3) is 3.41. The highest BCUT2D eigenvalue weighted by Gasteiger charge is 2.09. The lowest BCUT2D eigenvalue weighted by Gasteiger charge is -2.08. The first-order valence-corrected chi connectivity index (χ1v) is 8.57. The molecule has 102 valence electrons. The summed E-state index contributed by atoms with van der Waals surface area (Å²) < 4.78 is 2.47. The van der Waals surface area contributed by atoms with E-state index in [1.807, 2.05) is 11.8 Å². The molecule has 0 unspecified atom stereocenters. The molecule has 2 aromatic carbocycles. The van der Waals surface area contributed by atoms with Crippen LogP contribution in [0.5, 0.6) is 0 Å². The Morgan fingerprint density at radius 2 is 1.80 bits per heavy atom. The Kier molecular flexibility index (Phi) is 4.38. The summed E-state index contributed by atoms with van der Waals surface area (Å²) >= 11 is 3.70. The van der Waals surface area contributed by atoms with E-state index in [1.54, 1.807) is 11.3 Å². The molecule has 0 amide bonds. The number of para-hydroxylation sites is 1. The molecule has 0 saturated heterocycles. The first-order chi connectivity index (χ1) is 9.81. The van der Waals surface area contributed by atoms with Gasteiger partial charge in [0.05, 0.1) is 10.2 Å². The molecule has 1 nitrogen and oxygen atoms in total. The van der Waals surface area contributed by atoms with Gasteiger partial charge in [-0.1, -0.05) is 61.2 Å². The highest BCUT2D eigenvalue weighted by molar-refractivity contribution is 8.01. The van der Waals surface area contributed by atoms with E-state index in [2.05, 4.69) is 66.5 Å². The molecular weight excluding hydrogens is 282 g/mol. The quantitative estimate of drug-likeness (QED) is 0.584. The van der Waals surface area contributed by atoms with Gasteiger partial charge in [0.25, 0.3) is 0 Å². The summed E-state index contributed by atoms with van der Waals surface area (Å²) in [6, 6.07) is 19.1. The average Bonchev–Trinajstić information content (AvgIpc) is 2.88. The number of aromatic nitrogens is 1. The van der Waals surface area contributed by atoms with E-state index in [0.29, 0.717) is 5.25 Å². The van der Waals surface area contributed by atoms with Crippen molar-refractivity contribution in [2.75, 3.05) is 0 Å². The Morgan fingerprint density at radius 3 is 2.60 bits per heavy atom. The van der Waals surface area contributed by atoms with Gasteiger partial charge in [-0.2, -0.15) is 0 Å². The van der Waals surface area contributed by atoms with Gasteiger partial charge in [0, 0.05) is 5.25 Å². The van der Waals surface area contributed by atoms with E-state index in [0.717, 1.165) is 11.9 Å². The number of hydrogen-bond donors (Lipinski definition) is 0. The molecule has 0 N–H and O–H groups in total. The summed E-state index contributed by atoms with van der Waals surface area (Å²) in [5, 5.41) is 0.593. The Morgan fingerprint density at radius 1 is 1.05 bits per heavy atom. The zero-order chi connectivity index (χ0) is 13.8. The van der Waals surface area contributed by atoms with Gasteiger partial charge in [-0.05, 0) is 30.5 Å². The van der Waals surface area contributed by atoms with Gasteiger partial charge >= 0.3 is 0 Å². The van der Waals surface area contributed by atoms with E-state index < -0.39 is 0 Å². The van der Waals surface area contributed by atoms with Crippen molar-refractivity contribution in [2.24, 2.45) is 0 Å². The van der Waals surface area contributed by atoms with Crippen LogP contribution in [0.1, 0.15) is 18.9 Å². The predicted octanol–water partition coefficient (Wildman–Crippen LogP) is 5.41. The van der Waals surface area contributed by atoms with Crippen LogP contribution in [0, 0.1) is 0 Å². The highest BCUT2D eigenvalue weighted by atomic mass is 32.2. The number of aryl methyl sites for hydroxylation is 1. The van der Waals surface area contributed by atoms with Crippen molar-refractivity contribution in [3.63, 3.8) is 0 Å². The van der Waals surface area contributed by atoms with Gasteiger partial charge in [0.15, 0.2) is 4.34 Å². The lowest BCUT2D eigenvalue weighted by atomic mass is 10.1. The molecular formula is C17H17NS2. The molecule has 0 aliphatic heterocycles. The second kappa shape index (κ2) is 6.42. The van der Waals surface area contributed by atoms with Gasteiger partial charge in [-0.15, -0.1) is 11.3 Å². The molecule has 0 aliphatic carbocycles. The van der Waals surface area contributed by atoms with Crippen molar-refractivity contribution in [3.8, 4) is 0 Å². The fourth-order valence-corrected chi connectivity index (χ4v) is 4.53. The fraction of sp³-hybridized carbons (Fsp3) is 0.235. The Hall–Kier alpha value is -1.32. The summed E-state index contributed by atoms with van der Waals surface area (Å²) in [5.41, 5.74) is 2.54. The number of fused-ring (bicyclic) bond motifs is 1. The van der Waals surface area contributed by atoms with E-state index in [4.69, 9.17) is 0 Å². The Labute approximate surface area is 128 Å². The van der Waals surface area contributed by atoms with Gasteiger partial charge in [-0.25, -0.2) is 4.98 Å². The summed E-state index contributed by atoms with van der Waals surface area (Å²) in [7, 11) is 0.